The van der Waals surface area contributed by atoms with Crippen molar-refractivity contribution < 1.29 is 4.74 Å². The lowest BCUT2D eigenvalue weighted by Crippen LogP contribution is -2.46. The van der Waals surface area contributed by atoms with Crippen LogP contribution < -0.4 is 5.32 Å². The molecule has 0 saturated carbocycles. The van der Waals surface area contributed by atoms with E-state index in [1.807, 2.05) is 0 Å². The second-order valence-corrected chi connectivity index (χ2v) is 5.50. The molecule has 0 aliphatic carbocycles. The molecule has 84 valence electrons. The lowest BCUT2D eigenvalue weighted by atomic mass is 9.84. The van der Waals surface area contributed by atoms with Gasteiger partial charge in [0.25, 0.3) is 0 Å². The Morgan fingerprint density at radius 1 is 1.50 bits per heavy atom. The third-order valence-corrected chi connectivity index (χ3v) is 3.03. The van der Waals surface area contributed by atoms with Gasteiger partial charge in [0.2, 0.25) is 0 Å². The van der Waals surface area contributed by atoms with Crippen LogP contribution in [-0.4, -0.2) is 31.2 Å². The Morgan fingerprint density at radius 2 is 2.21 bits per heavy atom. The minimum Gasteiger partial charge on any atom is -0.380 e. The van der Waals surface area contributed by atoms with Crippen molar-refractivity contribution in [2.24, 2.45) is 5.41 Å². The fraction of sp³-hybridized carbons (Fsp3) is 1.00. The number of ether oxygens (including phenoxy) is 1. The van der Waals surface area contributed by atoms with Crippen molar-refractivity contribution in [2.75, 3.05) is 19.1 Å². The van der Waals surface area contributed by atoms with E-state index in [0.29, 0.717) is 12.1 Å². The van der Waals surface area contributed by atoms with E-state index >= 15 is 0 Å². The molecule has 1 rings (SSSR count). The van der Waals surface area contributed by atoms with Crippen LogP contribution in [0.4, 0.5) is 0 Å². The first-order valence-electron chi connectivity index (χ1n) is 5.44. The maximum absolute atomic E-state index is 5.82. The van der Waals surface area contributed by atoms with Crippen molar-refractivity contribution >= 4 is 11.6 Å². The third-order valence-electron chi connectivity index (χ3n) is 2.81. The van der Waals surface area contributed by atoms with E-state index in [2.05, 4.69) is 26.1 Å². The van der Waals surface area contributed by atoms with Crippen LogP contribution in [0.2, 0.25) is 0 Å². The number of halogens is 1. The Balaban J connectivity index is 2.41. The van der Waals surface area contributed by atoms with Crippen molar-refractivity contribution in [1.29, 1.82) is 0 Å². The van der Waals surface area contributed by atoms with Gasteiger partial charge in [-0.15, -0.1) is 11.6 Å². The van der Waals surface area contributed by atoms with E-state index in [1.54, 1.807) is 0 Å². The maximum Gasteiger partial charge on any atom is 0.0620 e. The van der Waals surface area contributed by atoms with Crippen molar-refractivity contribution in [3.05, 3.63) is 0 Å². The molecule has 1 fully saturated rings. The summed E-state index contributed by atoms with van der Waals surface area (Å²) in [7, 11) is 0. The largest absolute Gasteiger partial charge is 0.380 e. The Morgan fingerprint density at radius 3 is 2.64 bits per heavy atom. The highest BCUT2D eigenvalue weighted by Crippen LogP contribution is 2.23. The molecule has 1 aliphatic rings. The molecule has 0 aromatic rings. The second-order valence-electron chi connectivity index (χ2n) is 5.12. The third kappa shape index (κ3) is 3.76. The first-order valence-corrected chi connectivity index (χ1v) is 5.97. The zero-order valence-corrected chi connectivity index (χ0v) is 10.2. The normalized spacial score (nSPS) is 25.3. The Kier molecular flexibility index (Phi) is 4.68. The Labute approximate surface area is 92.3 Å². The van der Waals surface area contributed by atoms with Crippen LogP contribution in [0.15, 0.2) is 0 Å². The van der Waals surface area contributed by atoms with Gasteiger partial charge in [0.15, 0.2) is 0 Å². The van der Waals surface area contributed by atoms with Gasteiger partial charge in [-0.3, -0.25) is 0 Å². The molecule has 1 N–H and O–H groups in total. The molecule has 0 aromatic heterocycles. The van der Waals surface area contributed by atoms with Crippen molar-refractivity contribution in [2.45, 2.75) is 45.7 Å². The van der Waals surface area contributed by atoms with Gasteiger partial charge in [0.1, 0.15) is 0 Å². The van der Waals surface area contributed by atoms with Gasteiger partial charge in [0, 0.05) is 24.6 Å². The van der Waals surface area contributed by atoms with E-state index in [9.17, 15) is 0 Å². The summed E-state index contributed by atoms with van der Waals surface area (Å²) < 4.78 is 5.35. The molecule has 0 amide bonds. The first-order chi connectivity index (χ1) is 6.54. The summed E-state index contributed by atoms with van der Waals surface area (Å²) in [6, 6.07) is 1.02. The van der Waals surface area contributed by atoms with Gasteiger partial charge in [-0.25, -0.2) is 0 Å². The van der Waals surface area contributed by atoms with E-state index in [1.165, 1.54) is 0 Å². The number of alkyl halides is 1. The number of nitrogens with one attached hydrogen (secondary N) is 1. The zero-order chi connectivity index (χ0) is 10.6. The molecular formula is C11H22ClNO. The summed E-state index contributed by atoms with van der Waals surface area (Å²) in [5.41, 5.74) is 0.275. The first kappa shape index (κ1) is 12.3. The molecular weight excluding hydrogens is 198 g/mol. The monoisotopic (exact) mass is 219 g/mol. The van der Waals surface area contributed by atoms with Crippen LogP contribution in [0.25, 0.3) is 0 Å². The molecule has 0 spiro atoms. The van der Waals surface area contributed by atoms with Gasteiger partial charge in [-0.2, -0.15) is 0 Å². The van der Waals surface area contributed by atoms with Crippen molar-refractivity contribution in [3.8, 4) is 0 Å². The quantitative estimate of drug-likeness (QED) is 0.734. The second kappa shape index (κ2) is 5.34. The summed E-state index contributed by atoms with van der Waals surface area (Å²) in [5.74, 6) is 0.725. The molecule has 1 saturated heterocycles. The topological polar surface area (TPSA) is 21.3 Å². The van der Waals surface area contributed by atoms with Crippen LogP contribution in [0.5, 0.6) is 0 Å². The number of hydrogen-bond donors (Lipinski definition) is 1. The van der Waals surface area contributed by atoms with Gasteiger partial charge < -0.3 is 10.1 Å². The summed E-state index contributed by atoms with van der Waals surface area (Å²) in [6.07, 6.45) is 2.16. The molecule has 2 atom stereocenters. The van der Waals surface area contributed by atoms with Crippen molar-refractivity contribution in [3.63, 3.8) is 0 Å². The molecule has 0 bridgehead atoms. The zero-order valence-electron chi connectivity index (χ0n) is 9.48. The predicted octanol–water partition coefficient (Wildman–Crippen LogP) is 2.41. The molecule has 1 aliphatic heterocycles. The molecule has 0 aromatic carbocycles. The molecule has 14 heavy (non-hydrogen) atoms. The van der Waals surface area contributed by atoms with E-state index in [0.717, 1.165) is 31.9 Å². The van der Waals surface area contributed by atoms with E-state index < -0.39 is 0 Å². The lowest BCUT2D eigenvalue weighted by molar-refractivity contribution is 0.177. The van der Waals surface area contributed by atoms with Crippen LogP contribution >= 0.6 is 11.6 Å². The highest BCUT2D eigenvalue weighted by Gasteiger charge is 2.27. The van der Waals surface area contributed by atoms with Gasteiger partial charge in [-0.05, 0) is 18.3 Å². The van der Waals surface area contributed by atoms with Crippen LogP contribution in [-0.2, 0) is 4.74 Å². The predicted molar refractivity (Wildman–Crippen MR) is 60.9 cm³/mol. The number of hydrogen-bond acceptors (Lipinski definition) is 2. The van der Waals surface area contributed by atoms with Crippen LogP contribution in [0, 0.1) is 5.41 Å². The molecule has 1 heterocycles. The number of rotatable bonds is 4. The lowest BCUT2D eigenvalue weighted by Gasteiger charge is -2.33. The SMILES string of the molecule is CC(C)(C)C(CCCl)NC1CCOC1. The van der Waals surface area contributed by atoms with Gasteiger partial charge in [0.05, 0.1) is 6.61 Å². The van der Waals surface area contributed by atoms with E-state index in [-0.39, 0.29) is 5.41 Å². The fourth-order valence-electron chi connectivity index (χ4n) is 1.83. The standard InChI is InChI=1S/C11H22ClNO/c1-11(2,3)10(4-6-12)13-9-5-7-14-8-9/h9-10,13H,4-8H2,1-3H3. The van der Waals surface area contributed by atoms with Gasteiger partial charge >= 0.3 is 0 Å². The van der Waals surface area contributed by atoms with Gasteiger partial charge in [-0.1, -0.05) is 20.8 Å². The van der Waals surface area contributed by atoms with Crippen molar-refractivity contribution in [1.82, 2.24) is 5.32 Å². The summed E-state index contributed by atoms with van der Waals surface area (Å²) >= 11 is 5.82. The maximum atomic E-state index is 5.82. The average Bonchev–Trinajstić information content (AvgIpc) is 2.54. The molecule has 2 nitrogen and oxygen atoms in total. The van der Waals surface area contributed by atoms with E-state index in [4.69, 9.17) is 16.3 Å². The van der Waals surface area contributed by atoms with Crippen LogP contribution in [0.1, 0.15) is 33.6 Å². The highest BCUT2D eigenvalue weighted by atomic mass is 35.5. The molecule has 2 unspecified atom stereocenters. The minimum atomic E-state index is 0.275. The smallest absolute Gasteiger partial charge is 0.0620 e. The molecule has 0 radical (unpaired) electrons. The minimum absolute atomic E-state index is 0.275. The van der Waals surface area contributed by atoms with Crippen LogP contribution in [0.3, 0.4) is 0 Å². The summed E-state index contributed by atoms with van der Waals surface area (Å²) in [6.45, 7) is 8.53. The Hall–Kier alpha value is 0.210. The molecule has 3 heteroatoms. The fourth-order valence-corrected chi connectivity index (χ4v) is 2.04. The summed E-state index contributed by atoms with van der Waals surface area (Å²) in [4.78, 5) is 0. The average molecular weight is 220 g/mol. The summed E-state index contributed by atoms with van der Waals surface area (Å²) in [5, 5.41) is 3.65. The highest BCUT2D eigenvalue weighted by molar-refractivity contribution is 6.17. The Bertz CT molecular complexity index is 161.